The van der Waals surface area contributed by atoms with Gasteiger partial charge in [-0.3, -0.25) is 0 Å². The molecule has 8 rings (SSSR count). The molecular weight excluding hydrogens is 464 g/mol. The van der Waals surface area contributed by atoms with E-state index >= 15 is 0 Å². The smallest absolute Gasteiger partial charge is 0.0435 e. The van der Waals surface area contributed by atoms with Gasteiger partial charge in [-0.2, -0.15) is 0 Å². The summed E-state index contributed by atoms with van der Waals surface area (Å²) < 4.78 is 0. The summed E-state index contributed by atoms with van der Waals surface area (Å²) in [6, 6.07) is 47.1. The van der Waals surface area contributed by atoms with Gasteiger partial charge in [-0.15, -0.1) is 0 Å². The van der Waals surface area contributed by atoms with E-state index in [-0.39, 0.29) is 5.41 Å². The Hall–Kier alpha value is -4.07. The molecule has 1 heteroatoms. The van der Waals surface area contributed by atoms with Crippen LogP contribution in [0.5, 0.6) is 0 Å². The van der Waals surface area contributed by atoms with Crippen molar-refractivity contribution in [2.75, 3.05) is 0 Å². The minimum Gasteiger partial charge on any atom is -0.0881 e. The lowest BCUT2D eigenvalue weighted by atomic mass is 9.74. The zero-order chi connectivity index (χ0) is 24.6. The van der Waals surface area contributed by atoms with Gasteiger partial charge in [0.1, 0.15) is 0 Å². The Morgan fingerprint density at radius 1 is 0.486 bits per heavy atom. The lowest BCUT2D eigenvalue weighted by Crippen LogP contribution is -2.22. The fraction of sp³-hybridized carbons (Fsp3) is 0.0556. The van der Waals surface area contributed by atoms with Gasteiger partial charge < -0.3 is 0 Å². The zero-order valence-corrected chi connectivity index (χ0v) is 21.3. The van der Waals surface area contributed by atoms with Crippen LogP contribution in [0.25, 0.3) is 44.2 Å². The molecule has 0 nitrogen and oxygen atoms in total. The first-order valence-corrected chi connectivity index (χ1v) is 13.7. The van der Waals surface area contributed by atoms with Crippen molar-refractivity contribution in [2.24, 2.45) is 0 Å². The van der Waals surface area contributed by atoms with Crippen LogP contribution < -0.4 is 0 Å². The molecule has 1 aliphatic heterocycles. The quantitative estimate of drug-likeness (QED) is 0.233. The van der Waals surface area contributed by atoms with Crippen LogP contribution in [-0.4, -0.2) is 0 Å². The number of benzene rings is 6. The van der Waals surface area contributed by atoms with Crippen molar-refractivity contribution in [3.63, 3.8) is 0 Å². The maximum absolute atomic E-state index is 2.39. The molecule has 0 saturated heterocycles. The van der Waals surface area contributed by atoms with Crippen LogP contribution in [0.2, 0.25) is 0 Å². The van der Waals surface area contributed by atoms with Crippen LogP contribution in [0.4, 0.5) is 0 Å². The Balaban J connectivity index is 1.42. The third-order valence-electron chi connectivity index (χ3n) is 8.36. The summed E-state index contributed by atoms with van der Waals surface area (Å²) in [5, 5.41) is 2.69. The molecule has 1 aliphatic carbocycles. The van der Waals surface area contributed by atoms with Crippen molar-refractivity contribution < 1.29 is 0 Å². The van der Waals surface area contributed by atoms with Crippen molar-refractivity contribution in [2.45, 2.75) is 22.1 Å². The highest BCUT2D eigenvalue weighted by Gasteiger charge is 2.41. The van der Waals surface area contributed by atoms with Crippen LogP contribution >= 0.6 is 11.8 Å². The Kier molecular flexibility index (Phi) is 4.39. The molecule has 37 heavy (non-hydrogen) atoms. The molecule has 1 heterocycles. The summed E-state index contributed by atoms with van der Waals surface area (Å²) in [6.07, 6.45) is 0. The third-order valence-corrected chi connectivity index (χ3v) is 9.57. The van der Waals surface area contributed by atoms with Crippen LogP contribution in [0.15, 0.2) is 137 Å². The molecule has 0 amide bonds. The number of hydrogen-bond donors (Lipinski definition) is 0. The highest BCUT2D eigenvalue weighted by Crippen LogP contribution is 2.57. The van der Waals surface area contributed by atoms with Crippen molar-refractivity contribution >= 4 is 22.5 Å². The second-order valence-electron chi connectivity index (χ2n) is 10.2. The standard InChI is InChI=1S/C36H24S/c1-36(24-13-3-2-4-14-24)30-20-6-5-15-29(30)34-26(17-10-21-31(34)36)28-19-9-18-27-25-16-7-11-23-12-8-22-32(33(23)25)37-35(27)28/h2-22H,1H3. The van der Waals surface area contributed by atoms with E-state index in [0.29, 0.717) is 0 Å². The lowest BCUT2D eigenvalue weighted by molar-refractivity contribution is 0.714. The second-order valence-corrected chi connectivity index (χ2v) is 11.3. The first-order chi connectivity index (χ1) is 18.2. The summed E-state index contributed by atoms with van der Waals surface area (Å²) in [4.78, 5) is 2.70. The van der Waals surface area contributed by atoms with E-state index in [1.54, 1.807) is 0 Å². The second kappa shape index (κ2) is 7.71. The summed E-state index contributed by atoms with van der Waals surface area (Å²) in [6.45, 7) is 2.39. The first kappa shape index (κ1) is 21.1. The monoisotopic (exact) mass is 488 g/mol. The molecule has 0 radical (unpaired) electrons. The van der Waals surface area contributed by atoms with Gasteiger partial charge in [0.25, 0.3) is 0 Å². The van der Waals surface area contributed by atoms with E-state index in [9.17, 15) is 0 Å². The van der Waals surface area contributed by atoms with Gasteiger partial charge in [-0.25, -0.2) is 0 Å². The highest BCUT2D eigenvalue weighted by molar-refractivity contribution is 8.00. The predicted molar refractivity (Wildman–Crippen MR) is 156 cm³/mol. The van der Waals surface area contributed by atoms with Gasteiger partial charge in [0, 0.05) is 20.6 Å². The highest BCUT2D eigenvalue weighted by atomic mass is 32.2. The van der Waals surface area contributed by atoms with Gasteiger partial charge in [0.2, 0.25) is 0 Å². The van der Waals surface area contributed by atoms with Crippen LogP contribution in [0.1, 0.15) is 23.6 Å². The molecule has 6 aromatic carbocycles. The maximum atomic E-state index is 2.39. The molecule has 0 spiro atoms. The molecule has 0 bridgehead atoms. The minimum absolute atomic E-state index is 0.191. The molecular formula is C36H24S. The van der Waals surface area contributed by atoms with Crippen molar-refractivity contribution in [3.05, 3.63) is 144 Å². The average molecular weight is 489 g/mol. The van der Waals surface area contributed by atoms with Crippen molar-refractivity contribution in [3.8, 4) is 33.4 Å². The van der Waals surface area contributed by atoms with Gasteiger partial charge in [0.05, 0.1) is 0 Å². The summed E-state index contributed by atoms with van der Waals surface area (Å²) in [5.41, 5.74) is 11.9. The first-order valence-electron chi connectivity index (χ1n) is 12.9. The van der Waals surface area contributed by atoms with Crippen molar-refractivity contribution in [1.29, 1.82) is 0 Å². The van der Waals surface area contributed by atoms with Gasteiger partial charge in [-0.1, -0.05) is 133 Å². The van der Waals surface area contributed by atoms with Crippen LogP contribution in [0.3, 0.4) is 0 Å². The Bertz CT molecular complexity index is 1860. The molecule has 1 unspecified atom stereocenters. The molecule has 0 aromatic heterocycles. The third kappa shape index (κ3) is 2.81. The molecule has 2 aliphatic rings. The van der Waals surface area contributed by atoms with Crippen LogP contribution in [-0.2, 0) is 5.41 Å². The Labute approximate surface area is 221 Å². The number of rotatable bonds is 2. The zero-order valence-electron chi connectivity index (χ0n) is 20.5. The van der Waals surface area contributed by atoms with Gasteiger partial charge >= 0.3 is 0 Å². The molecule has 6 aromatic rings. The lowest BCUT2D eigenvalue weighted by Gasteiger charge is -2.28. The Morgan fingerprint density at radius 2 is 1.08 bits per heavy atom. The van der Waals surface area contributed by atoms with Gasteiger partial charge in [-0.05, 0) is 68.4 Å². The van der Waals surface area contributed by atoms with E-state index in [2.05, 4.69) is 134 Å². The average Bonchev–Trinajstić information content (AvgIpc) is 3.23. The van der Waals surface area contributed by atoms with E-state index in [0.717, 1.165) is 0 Å². The summed E-state index contributed by atoms with van der Waals surface area (Å²) in [7, 11) is 0. The van der Waals surface area contributed by atoms with E-state index in [1.807, 2.05) is 11.8 Å². The normalized spacial score (nSPS) is 16.8. The predicted octanol–water partition coefficient (Wildman–Crippen LogP) is 9.97. The van der Waals surface area contributed by atoms with Crippen LogP contribution in [0, 0.1) is 0 Å². The fourth-order valence-electron chi connectivity index (χ4n) is 6.65. The van der Waals surface area contributed by atoms with E-state index in [4.69, 9.17) is 0 Å². The molecule has 0 fully saturated rings. The van der Waals surface area contributed by atoms with E-state index < -0.39 is 0 Å². The maximum Gasteiger partial charge on any atom is 0.0435 e. The molecule has 0 saturated carbocycles. The topological polar surface area (TPSA) is 0 Å². The molecule has 1 atom stereocenters. The minimum atomic E-state index is -0.191. The number of fused-ring (bicyclic) bond motifs is 5. The summed E-state index contributed by atoms with van der Waals surface area (Å²) in [5.74, 6) is 0. The SMILES string of the molecule is CC1(c2ccccc2)c2ccccc2-c2c(-c3cccc4c3Sc3cccc5cccc-4c35)cccc21. The Morgan fingerprint density at radius 3 is 1.95 bits per heavy atom. The van der Waals surface area contributed by atoms with E-state index in [1.165, 1.54) is 70.6 Å². The molecule has 174 valence electrons. The molecule has 0 N–H and O–H groups in total. The van der Waals surface area contributed by atoms with Crippen molar-refractivity contribution in [1.82, 2.24) is 0 Å². The number of hydrogen-bond acceptors (Lipinski definition) is 1. The van der Waals surface area contributed by atoms with Gasteiger partial charge in [0.15, 0.2) is 0 Å². The largest absolute Gasteiger partial charge is 0.0881 e. The fourth-order valence-corrected chi connectivity index (χ4v) is 7.92. The summed E-state index contributed by atoms with van der Waals surface area (Å²) >= 11 is 1.92.